The molecule has 25 heavy (non-hydrogen) atoms. The highest BCUT2D eigenvalue weighted by Crippen LogP contribution is 2.30. The molecule has 1 aromatic heterocycles. The Bertz CT molecular complexity index is 844. The van der Waals surface area contributed by atoms with Crippen LogP contribution in [0.25, 0.3) is 11.0 Å². The Hall–Kier alpha value is -1.75. The minimum Gasteiger partial charge on any atom is -0.490 e. The van der Waals surface area contributed by atoms with Gasteiger partial charge in [-0.3, -0.25) is 0 Å². The first-order valence-electron chi connectivity index (χ1n) is 8.27. The zero-order chi connectivity index (χ0) is 16.4. The van der Waals surface area contributed by atoms with Crippen molar-refractivity contribution in [1.29, 1.82) is 0 Å². The van der Waals surface area contributed by atoms with Gasteiger partial charge >= 0.3 is 0 Å². The van der Waals surface area contributed by atoms with Crippen molar-refractivity contribution in [1.82, 2.24) is 9.55 Å². The fourth-order valence-electron chi connectivity index (χ4n) is 3.16. The molecule has 0 N–H and O–H groups in total. The molecule has 0 radical (unpaired) electrons. The highest BCUT2D eigenvalue weighted by atomic mass is 35.5. The standard InChI is InChI=1S/C19H19ClN2O2.ClH/c20-14-6-1-4-9-17(14)24-13-11-22-16-8-3-2-7-15(16)21-19(22)18-10-5-12-23-18;/h1-4,6-9,18H,5,10-13H2;1H. The maximum atomic E-state index is 6.15. The second-order valence-corrected chi connectivity index (χ2v) is 6.30. The first-order chi connectivity index (χ1) is 11.8. The zero-order valence-electron chi connectivity index (χ0n) is 13.7. The Morgan fingerprint density at radius 2 is 1.96 bits per heavy atom. The molecule has 0 amide bonds. The summed E-state index contributed by atoms with van der Waals surface area (Å²) >= 11 is 6.15. The number of benzene rings is 2. The molecule has 0 spiro atoms. The fourth-order valence-corrected chi connectivity index (χ4v) is 3.36. The summed E-state index contributed by atoms with van der Waals surface area (Å²) in [6.45, 7) is 2.05. The molecule has 1 unspecified atom stereocenters. The van der Waals surface area contributed by atoms with E-state index in [1.807, 2.05) is 42.5 Å². The third-order valence-corrected chi connectivity index (χ3v) is 4.62. The van der Waals surface area contributed by atoms with Gasteiger partial charge in [0.2, 0.25) is 0 Å². The maximum Gasteiger partial charge on any atom is 0.139 e. The molecule has 1 aliphatic heterocycles. The predicted molar refractivity (Wildman–Crippen MR) is 102 cm³/mol. The van der Waals surface area contributed by atoms with Crippen LogP contribution in [0.3, 0.4) is 0 Å². The van der Waals surface area contributed by atoms with E-state index < -0.39 is 0 Å². The van der Waals surface area contributed by atoms with Crippen molar-refractivity contribution in [3.05, 3.63) is 59.4 Å². The van der Waals surface area contributed by atoms with Gasteiger partial charge in [-0.25, -0.2) is 4.98 Å². The molecule has 2 heterocycles. The Balaban J connectivity index is 0.00000182. The molecule has 0 aliphatic carbocycles. The summed E-state index contributed by atoms with van der Waals surface area (Å²) < 4.78 is 13.9. The smallest absolute Gasteiger partial charge is 0.139 e. The van der Waals surface area contributed by atoms with Crippen molar-refractivity contribution in [2.45, 2.75) is 25.5 Å². The third kappa shape index (κ3) is 3.76. The first-order valence-corrected chi connectivity index (χ1v) is 8.65. The van der Waals surface area contributed by atoms with E-state index >= 15 is 0 Å². The monoisotopic (exact) mass is 378 g/mol. The molecule has 1 aliphatic rings. The molecular weight excluding hydrogens is 359 g/mol. The lowest BCUT2D eigenvalue weighted by atomic mass is 10.2. The Labute approximate surface area is 158 Å². The average molecular weight is 379 g/mol. The van der Waals surface area contributed by atoms with E-state index in [-0.39, 0.29) is 18.5 Å². The van der Waals surface area contributed by atoms with Gasteiger partial charge in [-0.05, 0) is 37.1 Å². The van der Waals surface area contributed by atoms with Gasteiger partial charge in [0.05, 0.1) is 22.6 Å². The summed E-state index contributed by atoms with van der Waals surface area (Å²) in [6, 6.07) is 15.7. The van der Waals surface area contributed by atoms with E-state index in [4.69, 9.17) is 26.1 Å². The Morgan fingerprint density at radius 3 is 2.76 bits per heavy atom. The van der Waals surface area contributed by atoms with Crippen LogP contribution < -0.4 is 4.74 Å². The number of nitrogens with zero attached hydrogens (tertiary/aromatic N) is 2. The number of fused-ring (bicyclic) bond motifs is 1. The van der Waals surface area contributed by atoms with Gasteiger partial charge in [0, 0.05) is 6.61 Å². The second kappa shape index (κ2) is 8.09. The van der Waals surface area contributed by atoms with E-state index in [1.54, 1.807) is 0 Å². The van der Waals surface area contributed by atoms with Crippen LogP contribution in [0, 0.1) is 0 Å². The van der Waals surface area contributed by atoms with Crippen LogP contribution >= 0.6 is 24.0 Å². The average Bonchev–Trinajstić information content (AvgIpc) is 3.24. The van der Waals surface area contributed by atoms with Gasteiger partial charge in [0.25, 0.3) is 0 Å². The third-order valence-electron chi connectivity index (χ3n) is 4.31. The van der Waals surface area contributed by atoms with Crippen molar-refractivity contribution in [2.75, 3.05) is 13.2 Å². The van der Waals surface area contributed by atoms with Crippen molar-refractivity contribution < 1.29 is 9.47 Å². The Morgan fingerprint density at radius 1 is 1.16 bits per heavy atom. The van der Waals surface area contributed by atoms with Crippen LogP contribution in [0.15, 0.2) is 48.5 Å². The van der Waals surface area contributed by atoms with Crippen LogP contribution in [0.5, 0.6) is 5.75 Å². The molecule has 4 nitrogen and oxygen atoms in total. The van der Waals surface area contributed by atoms with Gasteiger partial charge in [-0.1, -0.05) is 35.9 Å². The number of hydrogen-bond donors (Lipinski definition) is 0. The molecule has 0 saturated carbocycles. The van der Waals surface area contributed by atoms with Gasteiger partial charge in [-0.15, -0.1) is 12.4 Å². The van der Waals surface area contributed by atoms with Crippen molar-refractivity contribution in [2.24, 2.45) is 0 Å². The van der Waals surface area contributed by atoms with Crippen LogP contribution in [-0.2, 0) is 11.3 Å². The lowest BCUT2D eigenvalue weighted by molar-refractivity contribution is 0.101. The summed E-state index contributed by atoms with van der Waals surface area (Å²) in [4.78, 5) is 4.79. The molecule has 1 fully saturated rings. The number of ether oxygens (including phenoxy) is 2. The number of rotatable bonds is 5. The van der Waals surface area contributed by atoms with Gasteiger partial charge in [-0.2, -0.15) is 0 Å². The topological polar surface area (TPSA) is 36.3 Å². The lowest BCUT2D eigenvalue weighted by Gasteiger charge is -2.14. The van der Waals surface area contributed by atoms with Crippen LogP contribution in [0.2, 0.25) is 5.02 Å². The van der Waals surface area contributed by atoms with Gasteiger partial charge in [0.1, 0.15) is 24.3 Å². The lowest BCUT2D eigenvalue weighted by Crippen LogP contribution is -2.13. The summed E-state index contributed by atoms with van der Waals surface area (Å²) in [6.07, 6.45) is 2.19. The molecule has 1 atom stereocenters. The molecular formula is C19H20Cl2N2O2. The highest BCUT2D eigenvalue weighted by Gasteiger charge is 2.24. The SMILES string of the molecule is Cl.Clc1ccccc1OCCn1c(C2CCCO2)nc2ccccc21. The quantitative estimate of drug-likeness (QED) is 0.623. The van der Waals surface area contributed by atoms with Crippen molar-refractivity contribution >= 4 is 35.0 Å². The summed E-state index contributed by atoms with van der Waals surface area (Å²) in [5, 5.41) is 0.632. The minimum atomic E-state index is 0. The van der Waals surface area contributed by atoms with Crippen LogP contribution in [-0.4, -0.2) is 22.8 Å². The molecule has 6 heteroatoms. The van der Waals surface area contributed by atoms with E-state index in [2.05, 4.69) is 10.6 Å². The predicted octanol–water partition coefficient (Wildman–Crippen LogP) is 5.04. The number of halogens is 2. The zero-order valence-corrected chi connectivity index (χ0v) is 15.3. The molecule has 3 aromatic rings. The van der Waals surface area contributed by atoms with E-state index in [0.717, 1.165) is 36.3 Å². The van der Waals surface area contributed by atoms with Crippen LogP contribution in [0.4, 0.5) is 0 Å². The molecule has 1 saturated heterocycles. The largest absolute Gasteiger partial charge is 0.490 e. The van der Waals surface area contributed by atoms with E-state index in [9.17, 15) is 0 Å². The summed E-state index contributed by atoms with van der Waals surface area (Å²) in [5.74, 6) is 1.71. The summed E-state index contributed by atoms with van der Waals surface area (Å²) in [7, 11) is 0. The number of para-hydroxylation sites is 3. The molecule has 4 rings (SSSR count). The fraction of sp³-hybridized carbons (Fsp3) is 0.316. The normalized spacial score (nSPS) is 16.8. The molecule has 2 aromatic carbocycles. The number of aromatic nitrogens is 2. The number of hydrogen-bond acceptors (Lipinski definition) is 3. The van der Waals surface area contributed by atoms with Crippen LogP contribution in [0.1, 0.15) is 24.8 Å². The second-order valence-electron chi connectivity index (χ2n) is 5.89. The van der Waals surface area contributed by atoms with E-state index in [0.29, 0.717) is 23.9 Å². The Kier molecular flexibility index (Phi) is 5.84. The van der Waals surface area contributed by atoms with Crippen molar-refractivity contribution in [3.8, 4) is 5.75 Å². The minimum absolute atomic E-state index is 0. The van der Waals surface area contributed by atoms with E-state index in [1.165, 1.54) is 0 Å². The van der Waals surface area contributed by atoms with Gasteiger partial charge in [0.15, 0.2) is 0 Å². The highest BCUT2D eigenvalue weighted by molar-refractivity contribution is 6.32. The van der Waals surface area contributed by atoms with Crippen molar-refractivity contribution in [3.63, 3.8) is 0 Å². The first kappa shape index (κ1) is 18.1. The molecule has 0 bridgehead atoms. The maximum absolute atomic E-state index is 6.15. The van der Waals surface area contributed by atoms with Gasteiger partial charge < -0.3 is 14.0 Å². The molecule has 132 valence electrons. The number of imidazole rings is 1. The summed E-state index contributed by atoms with van der Waals surface area (Å²) in [5.41, 5.74) is 2.12.